The summed E-state index contributed by atoms with van der Waals surface area (Å²) in [6.45, 7) is 2.74. The standard InChI is InChI=1S/C17H19ClN2O/c1-13(17(21)15-4-3-5-16(18)12-15)20(2)11-8-14-6-9-19-10-7-14/h3-7,9-10,12-13H,8,11H2,1-2H3. The molecule has 0 N–H and O–H groups in total. The Morgan fingerprint density at radius 2 is 2.00 bits per heavy atom. The van der Waals surface area contributed by atoms with Gasteiger partial charge in [0.25, 0.3) is 0 Å². The molecular formula is C17H19ClN2O. The van der Waals surface area contributed by atoms with E-state index in [1.54, 1.807) is 36.7 Å². The minimum Gasteiger partial charge on any atom is -0.296 e. The lowest BCUT2D eigenvalue weighted by molar-refractivity contribution is 0.0870. The molecule has 3 nitrogen and oxygen atoms in total. The van der Waals surface area contributed by atoms with E-state index >= 15 is 0 Å². The van der Waals surface area contributed by atoms with E-state index in [0.717, 1.165) is 13.0 Å². The Kier molecular flexibility index (Phi) is 5.48. The molecule has 4 heteroatoms. The summed E-state index contributed by atoms with van der Waals surface area (Å²) in [7, 11) is 1.97. The zero-order valence-corrected chi connectivity index (χ0v) is 13.0. The summed E-state index contributed by atoms with van der Waals surface area (Å²) in [5.74, 6) is 0.0923. The minimum absolute atomic E-state index is 0.0923. The third-order valence-electron chi connectivity index (χ3n) is 3.65. The first-order valence-electron chi connectivity index (χ1n) is 6.97. The third-order valence-corrected chi connectivity index (χ3v) is 3.89. The first kappa shape index (κ1) is 15.7. The highest BCUT2D eigenvalue weighted by atomic mass is 35.5. The number of aromatic nitrogens is 1. The summed E-state index contributed by atoms with van der Waals surface area (Å²) < 4.78 is 0. The van der Waals surface area contributed by atoms with Crippen LogP contribution in [0.4, 0.5) is 0 Å². The van der Waals surface area contributed by atoms with Crippen molar-refractivity contribution in [3.8, 4) is 0 Å². The maximum atomic E-state index is 12.4. The summed E-state index contributed by atoms with van der Waals surface area (Å²) in [6.07, 6.45) is 4.47. The zero-order chi connectivity index (χ0) is 15.2. The van der Waals surface area contributed by atoms with Gasteiger partial charge in [0, 0.05) is 29.5 Å². The van der Waals surface area contributed by atoms with E-state index in [0.29, 0.717) is 10.6 Å². The molecule has 0 amide bonds. The summed E-state index contributed by atoms with van der Waals surface area (Å²) in [5, 5.41) is 0.590. The van der Waals surface area contributed by atoms with Crippen molar-refractivity contribution in [2.24, 2.45) is 0 Å². The summed E-state index contributed by atoms with van der Waals surface area (Å²) >= 11 is 5.94. The lowest BCUT2D eigenvalue weighted by Crippen LogP contribution is -2.37. The average Bonchev–Trinajstić information content (AvgIpc) is 2.52. The highest BCUT2D eigenvalue weighted by molar-refractivity contribution is 6.31. The van der Waals surface area contributed by atoms with Gasteiger partial charge < -0.3 is 0 Å². The average molecular weight is 303 g/mol. The topological polar surface area (TPSA) is 33.2 Å². The highest BCUT2D eigenvalue weighted by Gasteiger charge is 2.19. The van der Waals surface area contributed by atoms with Crippen molar-refractivity contribution in [1.82, 2.24) is 9.88 Å². The van der Waals surface area contributed by atoms with Gasteiger partial charge in [-0.1, -0.05) is 23.7 Å². The summed E-state index contributed by atoms with van der Waals surface area (Å²) in [4.78, 5) is 18.5. The van der Waals surface area contributed by atoms with Crippen LogP contribution >= 0.6 is 11.6 Å². The van der Waals surface area contributed by atoms with E-state index in [2.05, 4.69) is 9.88 Å². The molecule has 2 aromatic rings. The quantitative estimate of drug-likeness (QED) is 0.766. The Balaban J connectivity index is 1.95. The zero-order valence-electron chi connectivity index (χ0n) is 12.3. The van der Waals surface area contributed by atoms with Crippen LogP contribution in [0.25, 0.3) is 0 Å². The van der Waals surface area contributed by atoms with E-state index in [-0.39, 0.29) is 11.8 Å². The Bertz CT molecular complexity index is 601. The first-order valence-corrected chi connectivity index (χ1v) is 7.34. The lowest BCUT2D eigenvalue weighted by Gasteiger charge is -2.23. The van der Waals surface area contributed by atoms with E-state index in [1.165, 1.54) is 5.56 Å². The van der Waals surface area contributed by atoms with Crippen molar-refractivity contribution in [2.75, 3.05) is 13.6 Å². The summed E-state index contributed by atoms with van der Waals surface area (Å²) in [5.41, 5.74) is 1.88. The van der Waals surface area contributed by atoms with Crippen LogP contribution in [0, 0.1) is 0 Å². The number of Topliss-reactive ketones (excluding diaryl/α,β-unsaturated/α-hetero) is 1. The second-order valence-electron chi connectivity index (χ2n) is 5.14. The van der Waals surface area contributed by atoms with Crippen LogP contribution in [0.1, 0.15) is 22.8 Å². The number of hydrogen-bond donors (Lipinski definition) is 0. The van der Waals surface area contributed by atoms with Gasteiger partial charge in [0.2, 0.25) is 0 Å². The molecule has 1 aromatic heterocycles. The number of pyridine rings is 1. The largest absolute Gasteiger partial charge is 0.296 e. The Hall–Kier alpha value is -1.71. The van der Waals surface area contributed by atoms with Gasteiger partial charge in [-0.05, 0) is 50.2 Å². The van der Waals surface area contributed by atoms with Gasteiger partial charge in [0.1, 0.15) is 0 Å². The minimum atomic E-state index is -0.176. The van der Waals surface area contributed by atoms with Crippen LogP contribution in [-0.2, 0) is 6.42 Å². The number of hydrogen-bond acceptors (Lipinski definition) is 3. The van der Waals surface area contributed by atoms with Crippen molar-refractivity contribution in [1.29, 1.82) is 0 Å². The van der Waals surface area contributed by atoms with Crippen LogP contribution in [0.5, 0.6) is 0 Å². The van der Waals surface area contributed by atoms with E-state index < -0.39 is 0 Å². The molecule has 0 spiro atoms. The smallest absolute Gasteiger partial charge is 0.179 e. The van der Waals surface area contributed by atoms with E-state index in [1.807, 2.05) is 26.1 Å². The number of benzene rings is 1. The molecule has 0 aliphatic rings. The Morgan fingerprint density at radius 3 is 2.67 bits per heavy atom. The molecule has 2 rings (SSSR count). The lowest BCUT2D eigenvalue weighted by atomic mass is 10.0. The first-order chi connectivity index (χ1) is 10.1. The molecule has 0 bridgehead atoms. The van der Waals surface area contributed by atoms with Crippen molar-refractivity contribution in [3.63, 3.8) is 0 Å². The number of carbonyl (C=O) groups excluding carboxylic acids is 1. The molecule has 21 heavy (non-hydrogen) atoms. The number of halogens is 1. The normalized spacial score (nSPS) is 12.4. The van der Waals surface area contributed by atoms with Gasteiger partial charge in [0.05, 0.1) is 6.04 Å². The molecule has 0 aliphatic heterocycles. The molecule has 0 saturated carbocycles. The second kappa shape index (κ2) is 7.34. The summed E-state index contributed by atoms with van der Waals surface area (Å²) in [6, 6.07) is 10.9. The maximum Gasteiger partial charge on any atom is 0.179 e. The SMILES string of the molecule is CC(C(=O)c1cccc(Cl)c1)N(C)CCc1ccncc1. The molecule has 0 saturated heterocycles. The molecule has 0 fully saturated rings. The van der Waals surface area contributed by atoms with Gasteiger partial charge in [-0.25, -0.2) is 0 Å². The highest BCUT2D eigenvalue weighted by Crippen LogP contribution is 2.14. The fourth-order valence-corrected chi connectivity index (χ4v) is 2.32. The number of carbonyl (C=O) groups is 1. The number of likely N-dealkylation sites (N-methyl/N-ethyl adjacent to an activating group) is 1. The van der Waals surface area contributed by atoms with Gasteiger partial charge in [-0.15, -0.1) is 0 Å². The van der Waals surface area contributed by atoms with Gasteiger partial charge >= 0.3 is 0 Å². The molecule has 1 heterocycles. The fraction of sp³-hybridized carbons (Fsp3) is 0.294. The van der Waals surface area contributed by atoms with Crippen LogP contribution in [0.15, 0.2) is 48.8 Å². The predicted molar refractivity (Wildman–Crippen MR) is 85.8 cm³/mol. The monoisotopic (exact) mass is 302 g/mol. The Morgan fingerprint density at radius 1 is 1.29 bits per heavy atom. The molecule has 1 aromatic carbocycles. The van der Waals surface area contributed by atoms with Gasteiger partial charge in [-0.3, -0.25) is 14.7 Å². The third kappa shape index (κ3) is 4.38. The molecule has 0 radical (unpaired) electrons. The van der Waals surface area contributed by atoms with Crippen molar-refractivity contribution >= 4 is 17.4 Å². The van der Waals surface area contributed by atoms with Crippen LogP contribution < -0.4 is 0 Å². The second-order valence-corrected chi connectivity index (χ2v) is 5.57. The predicted octanol–water partition coefficient (Wildman–Crippen LogP) is 3.48. The van der Waals surface area contributed by atoms with Crippen molar-refractivity contribution in [3.05, 3.63) is 64.9 Å². The molecule has 1 atom stereocenters. The fourth-order valence-electron chi connectivity index (χ4n) is 2.13. The van der Waals surface area contributed by atoms with E-state index in [4.69, 9.17) is 11.6 Å². The number of ketones is 1. The van der Waals surface area contributed by atoms with Crippen LogP contribution in [0.2, 0.25) is 5.02 Å². The molecule has 0 aliphatic carbocycles. The van der Waals surface area contributed by atoms with Crippen molar-refractivity contribution < 1.29 is 4.79 Å². The Labute approximate surface area is 130 Å². The maximum absolute atomic E-state index is 12.4. The number of nitrogens with zero attached hydrogens (tertiary/aromatic N) is 2. The van der Waals surface area contributed by atoms with Gasteiger partial charge in [-0.2, -0.15) is 0 Å². The molecule has 1 unspecified atom stereocenters. The van der Waals surface area contributed by atoms with Gasteiger partial charge in [0.15, 0.2) is 5.78 Å². The van der Waals surface area contributed by atoms with Crippen LogP contribution in [0.3, 0.4) is 0 Å². The van der Waals surface area contributed by atoms with Crippen molar-refractivity contribution in [2.45, 2.75) is 19.4 Å². The number of rotatable bonds is 6. The molecule has 110 valence electrons. The van der Waals surface area contributed by atoms with Crippen LogP contribution in [-0.4, -0.2) is 35.3 Å². The van der Waals surface area contributed by atoms with E-state index in [9.17, 15) is 4.79 Å². The molecular weight excluding hydrogens is 284 g/mol.